The van der Waals surface area contributed by atoms with Crippen molar-refractivity contribution in [3.05, 3.63) is 41.0 Å². The van der Waals surface area contributed by atoms with Crippen LogP contribution in [0.3, 0.4) is 0 Å². The van der Waals surface area contributed by atoms with Crippen molar-refractivity contribution in [1.82, 2.24) is 19.7 Å². The molecule has 1 saturated carbocycles. The zero-order valence-electron chi connectivity index (χ0n) is 16.2. The average Bonchev–Trinajstić information content (AvgIpc) is 3.34. The van der Waals surface area contributed by atoms with Crippen LogP contribution in [0, 0.1) is 0 Å². The van der Waals surface area contributed by atoms with Crippen LogP contribution in [0.25, 0.3) is 11.3 Å². The molecule has 1 aliphatic rings. The van der Waals surface area contributed by atoms with Crippen molar-refractivity contribution in [2.75, 3.05) is 5.32 Å². The molecule has 1 N–H and O–H groups in total. The Balaban J connectivity index is 1.38. The van der Waals surface area contributed by atoms with Gasteiger partial charge in [0.25, 0.3) is 0 Å². The summed E-state index contributed by atoms with van der Waals surface area (Å²) in [4.78, 5) is 17.2. The number of aryl methyl sites for hydroxylation is 1. The van der Waals surface area contributed by atoms with Crippen LogP contribution in [0.5, 0.6) is 0 Å². The summed E-state index contributed by atoms with van der Waals surface area (Å²) in [7, 11) is 1.97. The molecule has 2 aromatic heterocycles. The molecule has 1 amide bonds. The van der Waals surface area contributed by atoms with Crippen molar-refractivity contribution in [1.29, 1.82) is 0 Å². The minimum Gasteiger partial charge on any atom is -0.309 e. The lowest BCUT2D eigenvalue weighted by molar-refractivity contribution is -0.115. The van der Waals surface area contributed by atoms with Crippen molar-refractivity contribution >= 4 is 34.1 Å². The SMILES string of the molecule is CCc1ccc(-c2csc(NC(=O)[C@@H](C)Sc3nnc(C4CC4)n3C)n2)cc1. The third-order valence-electron chi connectivity index (χ3n) is 4.85. The monoisotopic (exact) mass is 413 g/mol. The van der Waals surface area contributed by atoms with E-state index in [1.54, 1.807) is 0 Å². The predicted octanol–water partition coefficient (Wildman–Crippen LogP) is 4.50. The Hall–Kier alpha value is -2.19. The van der Waals surface area contributed by atoms with Crippen LogP contribution in [-0.2, 0) is 18.3 Å². The van der Waals surface area contributed by atoms with Crippen LogP contribution in [0.2, 0.25) is 0 Å². The quantitative estimate of drug-likeness (QED) is 0.578. The van der Waals surface area contributed by atoms with E-state index in [4.69, 9.17) is 0 Å². The molecule has 1 atom stereocenters. The van der Waals surface area contributed by atoms with Gasteiger partial charge in [-0.3, -0.25) is 4.79 Å². The molecule has 0 aliphatic heterocycles. The Labute approximate surface area is 172 Å². The molecule has 1 aromatic carbocycles. The highest BCUT2D eigenvalue weighted by Crippen LogP contribution is 2.39. The van der Waals surface area contributed by atoms with Crippen molar-refractivity contribution in [2.24, 2.45) is 7.05 Å². The molecule has 4 rings (SSSR count). The number of benzene rings is 1. The summed E-state index contributed by atoms with van der Waals surface area (Å²) >= 11 is 2.87. The summed E-state index contributed by atoms with van der Waals surface area (Å²) in [5.74, 6) is 1.48. The van der Waals surface area contributed by atoms with Crippen molar-refractivity contribution in [3.63, 3.8) is 0 Å². The first-order chi connectivity index (χ1) is 13.5. The molecule has 0 radical (unpaired) electrons. The zero-order valence-corrected chi connectivity index (χ0v) is 17.8. The molecule has 1 aliphatic carbocycles. The van der Waals surface area contributed by atoms with E-state index in [0.717, 1.165) is 28.7 Å². The van der Waals surface area contributed by atoms with Crippen molar-refractivity contribution < 1.29 is 4.79 Å². The third-order valence-corrected chi connectivity index (χ3v) is 6.75. The van der Waals surface area contributed by atoms with Gasteiger partial charge in [0, 0.05) is 23.9 Å². The van der Waals surface area contributed by atoms with E-state index < -0.39 is 0 Å². The Bertz CT molecular complexity index is 975. The second-order valence-electron chi connectivity index (χ2n) is 7.01. The van der Waals surface area contributed by atoms with E-state index in [0.29, 0.717) is 11.0 Å². The summed E-state index contributed by atoms with van der Waals surface area (Å²) in [5.41, 5.74) is 3.24. The Kier molecular flexibility index (Phi) is 5.50. The van der Waals surface area contributed by atoms with Crippen molar-refractivity contribution in [2.45, 2.75) is 49.4 Å². The van der Waals surface area contributed by atoms with E-state index in [9.17, 15) is 4.79 Å². The number of nitrogens with one attached hydrogen (secondary N) is 1. The van der Waals surface area contributed by atoms with Gasteiger partial charge in [-0.05, 0) is 31.7 Å². The number of rotatable bonds is 7. The number of anilines is 1. The third kappa shape index (κ3) is 4.12. The van der Waals surface area contributed by atoms with Gasteiger partial charge in [-0.15, -0.1) is 21.5 Å². The topological polar surface area (TPSA) is 72.7 Å². The van der Waals surface area contributed by atoms with Crippen LogP contribution in [-0.4, -0.2) is 30.9 Å². The van der Waals surface area contributed by atoms with Gasteiger partial charge in [0.15, 0.2) is 10.3 Å². The summed E-state index contributed by atoms with van der Waals surface area (Å²) in [6.07, 6.45) is 3.38. The van der Waals surface area contributed by atoms with E-state index >= 15 is 0 Å². The number of carbonyl (C=O) groups is 1. The number of carbonyl (C=O) groups excluding carboxylic acids is 1. The van der Waals surface area contributed by atoms with Crippen molar-refractivity contribution in [3.8, 4) is 11.3 Å². The fourth-order valence-electron chi connectivity index (χ4n) is 2.92. The largest absolute Gasteiger partial charge is 0.309 e. The summed E-state index contributed by atoms with van der Waals surface area (Å²) in [6.45, 7) is 4.02. The number of amides is 1. The lowest BCUT2D eigenvalue weighted by atomic mass is 10.1. The van der Waals surface area contributed by atoms with E-state index in [1.807, 2.05) is 23.9 Å². The smallest absolute Gasteiger partial charge is 0.239 e. The number of hydrogen-bond donors (Lipinski definition) is 1. The minimum absolute atomic E-state index is 0.0804. The maximum absolute atomic E-state index is 12.6. The van der Waals surface area contributed by atoms with Gasteiger partial charge in [-0.1, -0.05) is 43.0 Å². The van der Waals surface area contributed by atoms with E-state index in [2.05, 4.69) is 51.7 Å². The van der Waals surface area contributed by atoms with Gasteiger partial charge < -0.3 is 9.88 Å². The normalized spacial score (nSPS) is 14.8. The van der Waals surface area contributed by atoms with Gasteiger partial charge in [0.1, 0.15) is 5.82 Å². The maximum Gasteiger partial charge on any atom is 0.239 e. The number of aromatic nitrogens is 4. The highest BCUT2D eigenvalue weighted by Gasteiger charge is 2.30. The Morgan fingerprint density at radius 3 is 2.75 bits per heavy atom. The second kappa shape index (κ2) is 8.05. The number of hydrogen-bond acceptors (Lipinski definition) is 6. The number of nitrogens with zero attached hydrogens (tertiary/aromatic N) is 4. The predicted molar refractivity (Wildman–Crippen MR) is 114 cm³/mol. The minimum atomic E-state index is -0.286. The lowest BCUT2D eigenvalue weighted by Crippen LogP contribution is -2.22. The van der Waals surface area contributed by atoms with Crippen LogP contribution >= 0.6 is 23.1 Å². The molecule has 8 heteroatoms. The number of thioether (sulfide) groups is 1. The fourth-order valence-corrected chi connectivity index (χ4v) is 4.46. The summed E-state index contributed by atoms with van der Waals surface area (Å²) in [6, 6.07) is 8.37. The average molecular weight is 414 g/mol. The second-order valence-corrected chi connectivity index (χ2v) is 9.18. The molecular weight excluding hydrogens is 390 g/mol. The molecule has 146 valence electrons. The van der Waals surface area contributed by atoms with Crippen LogP contribution < -0.4 is 5.32 Å². The molecule has 0 saturated heterocycles. The van der Waals surface area contributed by atoms with Gasteiger partial charge in [0.2, 0.25) is 5.91 Å². The van der Waals surface area contributed by atoms with Crippen LogP contribution in [0.15, 0.2) is 34.8 Å². The van der Waals surface area contributed by atoms with Crippen LogP contribution in [0.4, 0.5) is 5.13 Å². The Morgan fingerprint density at radius 2 is 2.07 bits per heavy atom. The molecule has 6 nitrogen and oxygen atoms in total. The highest BCUT2D eigenvalue weighted by atomic mass is 32.2. The first-order valence-corrected chi connectivity index (χ1v) is 11.2. The van der Waals surface area contributed by atoms with Crippen LogP contribution in [0.1, 0.15) is 44.0 Å². The van der Waals surface area contributed by atoms with Gasteiger partial charge >= 0.3 is 0 Å². The fraction of sp³-hybridized carbons (Fsp3) is 0.400. The van der Waals surface area contributed by atoms with Gasteiger partial charge in [-0.2, -0.15) is 0 Å². The molecule has 0 spiro atoms. The lowest BCUT2D eigenvalue weighted by Gasteiger charge is -2.10. The molecule has 3 aromatic rings. The Morgan fingerprint density at radius 1 is 1.32 bits per heavy atom. The van der Waals surface area contributed by atoms with E-state index in [1.165, 1.54) is 41.5 Å². The first kappa shape index (κ1) is 19.1. The summed E-state index contributed by atoms with van der Waals surface area (Å²) in [5, 5.41) is 14.5. The molecule has 2 heterocycles. The molecular formula is C20H23N5OS2. The molecule has 28 heavy (non-hydrogen) atoms. The van der Waals surface area contributed by atoms with E-state index in [-0.39, 0.29) is 11.2 Å². The van der Waals surface area contributed by atoms with Gasteiger partial charge in [0.05, 0.1) is 10.9 Å². The standard InChI is InChI=1S/C20H23N5OS2/c1-4-13-5-7-14(8-6-13)16-11-27-19(21-16)22-18(26)12(2)28-20-24-23-17(25(20)3)15-9-10-15/h5-8,11-12,15H,4,9-10H2,1-3H3,(H,21,22,26)/t12-/m1/s1. The highest BCUT2D eigenvalue weighted by molar-refractivity contribution is 8.00. The first-order valence-electron chi connectivity index (χ1n) is 9.46. The molecule has 0 unspecified atom stereocenters. The van der Waals surface area contributed by atoms with Gasteiger partial charge in [-0.25, -0.2) is 4.98 Å². The zero-order chi connectivity index (χ0) is 19.7. The maximum atomic E-state index is 12.6. The molecule has 0 bridgehead atoms. The number of thiazole rings is 1. The summed E-state index contributed by atoms with van der Waals surface area (Å²) < 4.78 is 2.01. The molecule has 1 fully saturated rings.